The number of aromatic nitrogens is 3. The zero-order chi connectivity index (χ0) is 17.4. The van der Waals surface area contributed by atoms with Crippen LogP contribution < -0.4 is 5.56 Å². The fraction of sp³-hybridized carbons (Fsp3) is 0.250. The van der Waals surface area contributed by atoms with E-state index in [1.165, 1.54) is 29.7 Å². The molecule has 0 bridgehead atoms. The Labute approximate surface area is 146 Å². The highest BCUT2D eigenvalue weighted by molar-refractivity contribution is 7.18. The molecular formula is C16H14ClN3O3S. The van der Waals surface area contributed by atoms with Crippen molar-refractivity contribution in [2.75, 3.05) is 0 Å². The summed E-state index contributed by atoms with van der Waals surface area (Å²) < 4.78 is 5.35. The number of nitrogens with one attached hydrogen (secondary N) is 1. The van der Waals surface area contributed by atoms with Crippen molar-refractivity contribution in [1.29, 1.82) is 0 Å². The van der Waals surface area contributed by atoms with Crippen molar-refractivity contribution in [1.82, 2.24) is 15.0 Å². The number of rotatable bonds is 3. The van der Waals surface area contributed by atoms with E-state index in [9.17, 15) is 9.59 Å². The van der Waals surface area contributed by atoms with Crippen LogP contribution >= 0.6 is 22.9 Å². The molecule has 0 fully saturated rings. The molecule has 3 aromatic rings. The predicted molar refractivity (Wildman–Crippen MR) is 92.8 cm³/mol. The van der Waals surface area contributed by atoms with Crippen LogP contribution in [0.2, 0.25) is 5.15 Å². The van der Waals surface area contributed by atoms with Crippen molar-refractivity contribution in [3.63, 3.8) is 0 Å². The Bertz CT molecular complexity index is 979. The first-order chi connectivity index (χ1) is 11.4. The third kappa shape index (κ3) is 3.05. The van der Waals surface area contributed by atoms with Crippen molar-refractivity contribution >= 4 is 39.1 Å². The highest BCUT2D eigenvalue weighted by Crippen LogP contribution is 2.27. The molecule has 8 heteroatoms. The van der Waals surface area contributed by atoms with Gasteiger partial charge in [0.05, 0.1) is 10.9 Å². The number of hydrogen-bond donors (Lipinski definition) is 1. The molecule has 0 spiro atoms. The second kappa shape index (κ2) is 6.33. The van der Waals surface area contributed by atoms with Crippen molar-refractivity contribution in [3.05, 3.63) is 55.7 Å². The number of fused-ring (bicyclic) bond motifs is 1. The van der Waals surface area contributed by atoms with Gasteiger partial charge in [0.25, 0.3) is 5.56 Å². The number of thiophene rings is 1. The molecule has 3 aromatic heterocycles. The molecule has 0 amide bonds. The smallest absolute Gasteiger partial charge is 0.340 e. The van der Waals surface area contributed by atoms with Gasteiger partial charge in [-0.15, -0.1) is 11.3 Å². The summed E-state index contributed by atoms with van der Waals surface area (Å²) in [5.41, 5.74) is 0.970. The normalized spacial score (nSPS) is 12.3. The Balaban J connectivity index is 1.88. The van der Waals surface area contributed by atoms with Crippen molar-refractivity contribution in [3.8, 4) is 0 Å². The Morgan fingerprint density at radius 3 is 2.79 bits per heavy atom. The van der Waals surface area contributed by atoms with E-state index < -0.39 is 12.1 Å². The largest absolute Gasteiger partial charge is 0.451 e. The van der Waals surface area contributed by atoms with Crippen LogP contribution in [0.3, 0.4) is 0 Å². The van der Waals surface area contributed by atoms with Gasteiger partial charge in [-0.3, -0.25) is 4.79 Å². The molecule has 3 rings (SSSR count). The van der Waals surface area contributed by atoms with Crippen molar-refractivity contribution < 1.29 is 9.53 Å². The lowest BCUT2D eigenvalue weighted by atomic mass is 10.2. The van der Waals surface area contributed by atoms with E-state index in [2.05, 4.69) is 15.0 Å². The molecule has 124 valence electrons. The summed E-state index contributed by atoms with van der Waals surface area (Å²) in [6.07, 6.45) is 0.635. The Kier molecular flexibility index (Phi) is 4.38. The highest BCUT2D eigenvalue weighted by Gasteiger charge is 2.19. The topological polar surface area (TPSA) is 84.9 Å². The van der Waals surface area contributed by atoms with E-state index in [4.69, 9.17) is 16.3 Å². The summed E-state index contributed by atoms with van der Waals surface area (Å²) in [5.74, 6) is -0.253. The summed E-state index contributed by atoms with van der Waals surface area (Å²) in [6, 6.07) is 3.03. The van der Waals surface area contributed by atoms with Crippen LogP contribution in [0, 0.1) is 13.8 Å². The van der Waals surface area contributed by atoms with Crippen molar-refractivity contribution in [2.45, 2.75) is 26.9 Å². The molecule has 3 heterocycles. The molecule has 6 nitrogen and oxygen atoms in total. The van der Waals surface area contributed by atoms with Gasteiger partial charge >= 0.3 is 5.97 Å². The second-order valence-corrected chi connectivity index (χ2v) is 6.92. The van der Waals surface area contributed by atoms with Crippen LogP contribution in [0.15, 0.2) is 23.1 Å². The van der Waals surface area contributed by atoms with Crippen molar-refractivity contribution in [2.24, 2.45) is 0 Å². The summed E-state index contributed by atoms with van der Waals surface area (Å²) in [6.45, 7) is 5.48. The lowest BCUT2D eigenvalue weighted by molar-refractivity contribution is 0.0319. The molecule has 0 aliphatic carbocycles. The number of esters is 1. The number of H-pyrrole nitrogens is 1. The van der Waals surface area contributed by atoms with E-state index in [0.717, 1.165) is 10.4 Å². The Morgan fingerprint density at radius 1 is 1.38 bits per heavy atom. The minimum absolute atomic E-state index is 0.229. The molecule has 0 radical (unpaired) electrons. The summed E-state index contributed by atoms with van der Waals surface area (Å²) in [4.78, 5) is 37.0. The molecule has 0 aliphatic rings. The number of carbonyl (C=O) groups excluding carboxylic acids is 1. The van der Waals surface area contributed by atoms with E-state index in [0.29, 0.717) is 21.2 Å². The SMILES string of the molecule is Cc1sc2nc([C@@H](C)OC(=O)c3ccc(Cl)nc3)[nH]c(=O)c2c1C. The molecule has 0 saturated carbocycles. The zero-order valence-corrected chi connectivity index (χ0v) is 14.8. The molecule has 1 N–H and O–H groups in total. The number of pyridine rings is 1. The molecular weight excluding hydrogens is 350 g/mol. The molecule has 0 aliphatic heterocycles. The first kappa shape index (κ1) is 16.6. The fourth-order valence-corrected chi connectivity index (χ4v) is 3.39. The Morgan fingerprint density at radius 2 is 2.12 bits per heavy atom. The fourth-order valence-electron chi connectivity index (χ4n) is 2.24. The van der Waals surface area contributed by atoms with E-state index in [1.54, 1.807) is 6.92 Å². The third-order valence-corrected chi connectivity index (χ3v) is 5.01. The van der Waals surface area contributed by atoms with E-state index in [-0.39, 0.29) is 11.1 Å². The maximum Gasteiger partial charge on any atom is 0.340 e. The quantitative estimate of drug-likeness (QED) is 0.568. The predicted octanol–water partition coefficient (Wildman–Crippen LogP) is 3.57. The maximum absolute atomic E-state index is 12.3. The van der Waals surface area contributed by atoms with E-state index >= 15 is 0 Å². The van der Waals surface area contributed by atoms with E-state index in [1.807, 2.05) is 13.8 Å². The van der Waals surface area contributed by atoms with Crippen LogP contribution in [-0.2, 0) is 4.74 Å². The van der Waals surface area contributed by atoms with Crippen LogP contribution in [0.5, 0.6) is 0 Å². The zero-order valence-electron chi connectivity index (χ0n) is 13.2. The molecule has 0 saturated heterocycles. The van der Waals surface area contributed by atoms with Gasteiger partial charge in [-0.2, -0.15) is 0 Å². The summed E-state index contributed by atoms with van der Waals surface area (Å²) in [7, 11) is 0. The van der Waals surface area contributed by atoms with Gasteiger partial charge in [0.1, 0.15) is 9.98 Å². The number of hydrogen-bond acceptors (Lipinski definition) is 6. The average molecular weight is 364 g/mol. The number of carbonyl (C=O) groups is 1. The number of ether oxygens (including phenoxy) is 1. The first-order valence-electron chi connectivity index (χ1n) is 7.19. The monoisotopic (exact) mass is 363 g/mol. The number of nitrogens with zero attached hydrogens (tertiary/aromatic N) is 2. The van der Waals surface area contributed by atoms with Gasteiger partial charge in [0.2, 0.25) is 0 Å². The van der Waals surface area contributed by atoms with Gasteiger partial charge in [0, 0.05) is 11.1 Å². The second-order valence-electron chi connectivity index (χ2n) is 5.33. The first-order valence-corrected chi connectivity index (χ1v) is 8.38. The van der Waals surface area contributed by atoms with Crippen LogP contribution in [0.25, 0.3) is 10.2 Å². The van der Waals surface area contributed by atoms with Crippen LogP contribution in [-0.4, -0.2) is 20.9 Å². The molecule has 1 atom stereocenters. The third-order valence-electron chi connectivity index (χ3n) is 3.69. The number of aromatic amines is 1. The summed E-state index contributed by atoms with van der Waals surface area (Å²) in [5, 5.41) is 0.876. The standard InChI is InChI=1S/C16H14ClN3O3S/c1-7-9(3)24-15-12(7)14(21)19-13(20-15)8(2)23-16(22)10-4-5-11(17)18-6-10/h4-6,8H,1-3H3,(H,19,20,21)/t8-/m1/s1. The molecule has 0 aromatic carbocycles. The minimum atomic E-state index is -0.701. The minimum Gasteiger partial charge on any atom is -0.451 e. The summed E-state index contributed by atoms with van der Waals surface area (Å²) >= 11 is 7.14. The van der Waals surface area contributed by atoms with Gasteiger partial charge in [0.15, 0.2) is 11.9 Å². The van der Waals surface area contributed by atoms with Gasteiger partial charge in [-0.1, -0.05) is 11.6 Å². The highest BCUT2D eigenvalue weighted by atomic mass is 35.5. The van der Waals surface area contributed by atoms with Gasteiger partial charge < -0.3 is 9.72 Å². The molecule has 24 heavy (non-hydrogen) atoms. The number of halogens is 1. The van der Waals surface area contributed by atoms with Gasteiger partial charge in [-0.05, 0) is 38.5 Å². The lowest BCUT2D eigenvalue weighted by Crippen LogP contribution is -2.17. The lowest BCUT2D eigenvalue weighted by Gasteiger charge is -2.12. The Hall–Kier alpha value is -2.25. The van der Waals surface area contributed by atoms with Gasteiger partial charge in [-0.25, -0.2) is 14.8 Å². The molecule has 0 unspecified atom stereocenters. The van der Waals surface area contributed by atoms with Crippen LogP contribution in [0.1, 0.15) is 39.7 Å². The maximum atomic E-state index is 12.3. The average Bonchev–Trinajstić information content (AvgIpc) is 2.82. The number of aryl methyl sites for hydroxylation is 2. The van der Waals surface area contributed by atoms with Crippen LogP contribution in [0.4, 0.5) is 0 Å².